The van der Waals surface area contributed by atoms with Crippen LogP contribution in [0.1, 0.15) is 37.7 Å². The lowest BCUT2D eigenvalue weighted by Gasteiger charge is -2.24. The third-order valence-electron chi connectivity index (χ3n) is 8.04. The maximum absolute atomic E-state index is 15.6. The molecule has 4 aliphatic rings. The molecule has 2 aromatic carbocycles. The lowest BCUT2D eigenvalue weighted by molar-refractivity contribution is -0.131. The first-order chi connectivity index (χ1) is 17.5. The van der Waals surface area contributed by atoms with E-state index in [-0.39, 0.29) is 23.7 Å². The van der Waals surface area contributed by atoms with E-state index in [2.05, 4.69) is 4.98 Å². The molecule has 7 rings (SSSR count). The molecule has 2 amide bonds. The summed E-state index contributed by atoms with van der Waals surface area (Å²) >= 11 is 0. The van der Waals surface area contributed by atoms with E-state index >= 15 is 4.39 Å². The van der Waals surface area contributed by atoms with Gasteiger partial charge in [-0.05, 0) is 67.9 Å². The topological polar surface area (TPSA) is 65.9 Å². The van der Waals surface area contributed by atoms with Crippen molar-refractivity contribution in [1.82, 2.24) is 14.8 Å². The zero-order chi connectivity index (χ0) is 24.4. The van der Waals surface area contributed by atoms with Crippen molar-refractivity contribution in [3.63, 3.8) is 0 Å². The summed E-state index contributed by atoms with van der Waals surface area (Å²) in [5.41, 5.74) is 2.12. The quantitative estimate of drug-likeness (QED) is 0.541. The average molecular weight is 483 g/mol. The number of pyridine rings is 1. The van der Waals surface area contributed by atoms with Gasteiger partial charge in [0.1, 0.15) is 17.2 Å². The van der Waals surface area contributed by atoms with Crippen LogP contribution in [-0.2, 0) is 9.59 Å². The lowest BCUT2D eigenvalue weighted by Crippen LogP contribution is -2.41. The zero-order valence-corrected chi connectivity index (χ0v) is 20.0. The highest BCUT2D eigenvalue weighted by molar-refractivity contribution is 6.16. The van der Waals surface area contributed by atoms with E-state index in [4.69, 9.17) is 4.99 Å². The van der Waals surface area contributed by atoms with Gasteiger partial charge in [0, 0.05) is 42.7 Å². The maximum atomic E-state index is 15.6. The predicted molar refractivity (Wildman–Crippen MR) is 135 cm³/mol. The highest BCUT2D eigenvalue weighted by Crippen LogP contribution is 2.46. The number of likely N-dealkylation sites (tertiary alicyclic amines) is 1. The van der Waals surface area contributed by atoms with Gasteiger partial charge in [-0.3, -0.25) is 24.5 Å². The van der Waals surface area contributed by atoms with Crippen LogP contribution in [0.5, 0.6) is 0 Å². The molecule has 0 radical (unpaired) electrons. The smallest absolute Gasteiger partial charge is 0.256 e. The SMILES string of the molecule is O=C(C1CC1)N1CCC(CN2C(=O)C3(CC3)N=C2c2ccc(-c3cnc4ccccc4c3)cc2F)C1. The van der Waals surface area contributed by atoms with Crippen LogP contribution < -0.4 is 0 Å². The van der Waals surface area contributed by atoms with Crippen LogP contribution in [0.25, 0.3) is 22.0 Å². The molecule has 2 aliphatic carbocycles. The molecule has 3 heterocycles. The lowest BCUT2D eigenvalue weighted by atomic mass is 10.0. The van der Waals surface area contributed by atoms with Gasteiger partial charge >= 0.3 is 0 Å². The molecule has 2 saturated carbocycles. The molecule has 1 saturated heterocycles. The Balaban J connectivity index is 1.15. The average Bonchev–Trinajstić information content (AvgIpc) is 3.82. The Bertz CT molecular complexity index is 1440. The third kappa shape index (κ3) is 3.60. The summed E-state index contributed by atoms with van der Waals surface area (Å²) in [6.45, 7) is 1.88. The first-order valence-corrected chi connectivity index (χ1v) is 12.9. The van der Waals surface area contributed by atoms with Gasteiger partial charge in [-0.25, -0.2) is 4.39 Å². The molecule has 1 spiro atoms. The van der Waals surface area contributed by atoms with Crippen molar-refractivity contribution in [3.05, 3.63) is 66.1 Å². The first-order valence-electron chi connectivity index (χ1n) is 12.9. The van der Waals surface area contributed by atoms with E-state index in [9.17, 15) is 9.59 Å². The summed E-state index contributed by atoms with van der Waals surface area (Å²) in [7, 11) is 0. The molecule has 7 heteroatoms. The van der Waals surface area contributed by atoms with Crippen molar-refractivity contribution in [2.45, 2.75) is 37.6 Å². The molecule has 0 N–H and O–H groups in total. The van der Waals surface area contributed by atoms with E-state index in [0.717, 1.165) is 47.8 Å². The van der Waals surface area contributed by atoms with Gasteiger partial charge in [-0.2, -0.15) is 0 Å². The monoisotopic (exact) mass is 482 g/mol. The molecule has 1 atom stereocenters. The summed E-state index contributed by atoms with van der Waals surface area (Å²) in [4.78, 5) is 38.7. The molecular formula is C29H27FN4O2. The first kappa shape index (κ1) is 21.7. The molecule has 1 unspecified atom stereocenters. The summed E-state index contributed by atoms with van der Waals surface area (Å²) in [5.74, 6) is 0.655. The van der Waals surface area contributed by atoms with Crippen molar-refractivity contribution in [3.8, 4) is 11.1 Å². The van der Waals surface area contributed by atoms with Crippen LogP contribution in [0.2, 0.25) is 0 Å². The Kier molecular flexibility index (Phi) is 4.78. The minimum atomic E-state index is -0.704. The van der Waals surface area contributed by atoms with Crippen LogP contribution in [0.3, 0.4) is 0 Å². The predicted octanol–water partition coefficient (Wildman–Crippen LogP) is 4.42. The van der Waals surface area contributed by atoms with E-state index < -0.39 is 11.4 Å². The van der Waals surface area contributed by atoms with Gasteiger partial charge in [0.05, 0.1) is 11.1 Å². The van der Waals surface area contributed by atoms with Gasteiger partial charge in [-0.1, -0.05) is 24.3 Å². The zero-order valence-electron chi connectivity index (χ0n) is 20.0. The Labute approximate surface area is 208 Å². The van der Waals surface area contributed by atoms with Crippen molar-refractivity contribution in [1.29, 1.82) is 0 Å². The number of halogens is 1. The fourth-order valence-electron chi connectivity index (χ4n) is 5.61. The molecule has 3 aromatic rings. The molecular weight excluding hydrogens is 455 g/mol. The van der Waals surface area contributed by atoms with Crippen molar-refractivity contribution >= 4 is 28.6 Å². The minimum absolute atomic E-state index is 0.0216. The number of hydrogen-bond acceptors (Lipinski definition) is 4. The molecule has 2 aliphatic heterocycles. The van der Waals surface area contributed by atoms with Gasteiger partial charge in [-0.15, -0.1) is 0 Å². The number of carbonyl (C=O) groups excluding carboxylic acids is 2. The molecule has 36 heavy (non-hydrogen) atoms. The number of rotatable bonds is 5. The van der Waals surface area contributed by atoms with Crippen LogP contribution in [-0.4, -0.2) is 57.6 Å². The second-order valence-corrected chi connectivity index (χ2v) is 10.7. The van der Waals surface area contributed by atoms with Crippen LogP contribution in [0.15, 0.2) is 59.7 Å². The molecule has 1 aromatic heterocycles. The number of amidine groups is 1. The molecule has 3 fully saturated rings. The van der Waals surface area contributed by atoms with E-state index in [0.29, 0.717) is 37.3 Å². The third-order valence-corrected chi connectivity index (χ3v) is 8.04. The summed E-state index contributed by atoms with van der Waals surface area (Å²) in [6.07, 6.45) is 6.03. The number of nitrogens with zero attached hydrogens (tertiary/aromatic N) is 4. The Morgan fingerprint density at radius 3 is 2.67 bits per heavy atom. The Morgan fingerprint density at radius 2 is 1.89 bits per heavy atom. The van der Waals surface area contributed by atoms with Crippen LogP contribution >= 0.6 is 0 Å². The largest absolute Gasteiger partial charge is 0.342 e. The van der Waals surface area contributed by atoms with Gasteiger partial charge < -0.3 is 4.90 Å². The van der Waals surface area contributed by atoms with Crippen molar-refractivity contribution in [2.75, 3.05) is 19.6 Å². The molecule has 0 bridgehead atoms. The Hall–Kier alpha value is -3.61. The highest BCUT2D eigenvalue weighted by atomic mass is 19.1. The number of aliphatic imine (C=N–C) groups is 1. The van der Waals surface area contributed by atoms with Crippen molar-refractivity contribution < 1.29 is 14.0 Å². The normalized spacial score (nSPS) is 22.5. The van der Waals surface area contributed by atoms with Gasteiger partial charge in [0.2, 0.25) is 5.91 Å². The second-order valence-electron chi connectivity index (χ2n) is 10.7. The molecule has 6 nitrogen and oxygen atoms in total. The fraction of sp³-hybridized carbons (Fsp3) is 0.379. The van der Waals surface area contributed by atoms with E-state index in [1.165, 1.54) is 6.07 Å². The maximum Gasteiger partial charge on any atom is 0.256 e. The van der Waals surface area contributed by atoms with Crippen molar-refractivity contribution in [2.24, 2.45) is 16.8 Å². The number of fused-ring (bicyclic) bond motifs is 1. The Morgan fingerprint density at radius 1 is 1.06 bits per heavy atom. The molecule has 182 valence electrons. The van der Waals surface area contributed by atoms with E-state index in [1.54, 1.807) is 17.2 Å². The van der Waals surface area contributed by atoms with Gasteiger partial charge in [0.15, 0.2) is 0 Å². The standard InChI is InChI=1S/C29H27FN4O2/c30-24-14-20(22-13-21-3-1-2-4-25(21)31-15-22)7-8-23(24)26-32-29(10-11-29)28(36)34(26)17-18-9-12-33(16-18)27(35)19-5-6-19/h1-4,7-8,13-15,18-19H,5-6,9-12,16-17H2. The summed E-state index contributed by atoms with van der Waals surface area (Å²) < 4.78 is 15.6. The number of para-hydroxylation sites is 1. The number of aromatic nitrogens is 1. The highest BCUT2D eigenvalue weighted by Gasteiger charge is 2.58. The summed E-state index contributed by atoms with van der Waals surface area (Å²) in [5, 5.41) is 0.998. The fourth-order valence-corrected chi connectivity index (χ4v) is 5.61. The van der Waals surface area contributed by atoms with Gasteiger partial charge in [0.25, 0.3) is 5.91 Å². The number of amides is 2. The summed E-state index contributed by atoms with van der Waals surface area (Å²) in [6, 6.07) is 15.0. The number of hydrogen-bond donors (Lipinski definition) is 0. The van der Waals surface area contributed by atoms with Crippen LogP contribution in [0.4, 0.5) is 4.39 Å². The minimum Gasteiger partial charge on any atom is -0.342 e. The van der Waals surface area contributed by atoms with E-state index in [1.807, 2.05) is 41.3 Å². The number of carbonyl (C=O) groups is 2. The second kappa shape index (κ2) is 7.95. The number of benzene rings is 2. The van der Waals surface area contributed by atoms with Crippen LogP contribution in [0, 0.1) is 17.7 Å².